The average molecular weight is 260 g/mol. The first-order valence-corrected chi connectivity index (χ1v) is 6.36. The lowest BCUT2D eigenvalue weighted by atomic mass is 10.2. The molecule has 0 amide bonds. The number of furan rings is 1. The molecular formula is C14H20N4O. The number of nitrogen functional groups attached to an aromatic ring is 1. The highest BCUT2D eigenvalue weighted by Gasteiger charge is 2.11. The number of hydrogen-bond donors (Lipinski definition) is 1. The van der Waals surface area contributed by atoms with Gasteiger partial charge in [0.05, 0.1) is 6.26 Å². The highest BCUT2D eigenvalue weighted by atomic mass is 16.3. The van der Waals surface area contributed by atoms with Crippen LogP contribution in [0.25, 0.3) is 0 Å². The maximum atomic E-state index is 5.84. The van der Waals surface area contributed by atoms with E-state index in [1.807, 2.05) is 24.9 Å². The lowest BCUT2D eigenvalue weighted by Gasteiger charge is -2.19. The second-order valence-corrected chi connectivity index (χ2v) is 5.02. The Labute approximate surface area is 113 Å². The zero-order valence-corrected chi connectivity index (χ0v) is 11.8. The van der Waals surface area contributed by atoms with Gasteiger partial charge in [0, 0.05) is 31.1 Å². The van der Waals surface area contributed by atoms with E-state index in [9.17, 15) is 0 Å². The topological polar surface area (TPSA) is 68.2 Å². The molecule has 0 atom stereocenters. The van der Waals surface area contributed by atoms with Gasteiger partial charge in [0.15, 0.2) is 0 Å². The van der Waals surface area contributed by atoms with Gasteiger partial charge in [-0.15, -0.1) is 0 Å². The Morgan fingerprint density at radius 2 is 2.11 bits per heavy atom. The molecule has 0 saturated carbocycles. The van der Waals surface area contributed by atoms with E-state index in [1.54, 1.807) is 12.3 Å². The number of rotatable bonds is 4. The van der Waals surface area contributed by atoms with Crippen molar-refractivity contribution in [2.75, 3.05) is 17.7 Å². The highest BCUT2D eigenvalue weighted by Crippen LogP contribution is 2.20. The van der Waals surface area contributed by atoms with Crippen molar-refractivity contribution in [1.82, 2.24) is 9.97 Å². The first-order valence-electron chi connectivity index (χ1n) is 6.36. The van der Waals surface area contributed by atoms with E-state index < -0.39 is 0 Å². The fraction of sp³-hybridized carbons (Fsp3) is 0.429. The van der Waals surface area contributed by atoms with Gasteiger partial charge < -0.3 is 15.1 Å². The fourth-order valence-corrected chi connectivity index (χ4v) is 1.84. The molecule has 0 radical (unpaired) electrons. The molecule has 5 heteroatoms. The Morgan fingerprint density at radius 3 is 2.68 bits per heavy atom. The molecule has 2 aromatic heterocycles. The summed E-state index contributed by atoms with van der Waals surface area (Å²) in [6.07, 6.45) is 1.70. The molecule has 0 aromatic carbocycles. The van der Waals surface area contributed by atoms with Crippen LogP contribution in [0.1, 0.15) is 36.9 Å². The molecule has 0 unspecified atom stereocenters. The normalized spacial score (nSPS) is 11.0. The van der Waals surface area contributed by atoms with Crippen molar-refractivity contribution >= 4 is 11.6 Å². The summed E-state index contributed by atoms with van der Waals surface area (Å²) in [6, 6.07) is 3.76. The van der Waals surface area contributed by atoms with Gasteiger partial charge in [-0.05, 0) is 13.0 Å². The van der Waals surface area contributed by atoms with Crippen molar-refractivity contribution in [2.24, 2.45) is 0 Å². The summed E-state index contributed by atoms with van der Waals surface area (Å²) < 4.78 is 5.30. The number of nitrogens with two attached hydrogens (primary N) is 1. The van der Waals surface area contributed by atoms with E-state index in [0.29, 0.717) is 5.82 Å². The lowest BCUT2D eigenvalue weighted by Crippen LogP contribution is -2.19. The minimum atomic E-state index is 0.256. The smallest absolute Gasteiger partial charge is 0.135 e. The highest BCUT2D eigenvalue weighted by molar-refractivity contribution is 5.47. The zero-order chi connectivity index (χ0) is 14.0. The molecule has 2 heterocycles. The summed E-state index contributed by atoms with van der Waals surface area (Å²) in [5.74, 6) is 3.29. The Bertz CT molecular complexity index is 562. The summed E-state index contributed by atoms with van der Waals surface area (Å²) in [4.78, 5) is 10.8. The maximum Gasteiger partial charge on any atom is 0.135 e. The Balaban J connectivity index is 2.23. The molecule has 19 heavy (non-hydrogen) atoms. The maximum absolute atomic E-state index is 5.84. The second kappa shape index (κ2) is 5.30. The number of hydrogen-bond acceptors (Lipinski definition) is 5. The average Bonchev–Trinajstić information content (AvgIpc) is 2.74. The number of anilines is 2. The van der Waals surface area contributed by atoms with Gasteiger partial charge in [-0.25, -0.2) is 9.97 Å². The summed E-state index contributed by atoms with van der Waals surface area (Å²) in [6.45, 7) is 6.80. The van der Waals surface area contributed by atoms with Gasteiger partial charge in [-0.3, -0.25) is 0 Å². The van der Waals surface area contributed by atoms with E-state index in [2.05, 4.69) is 23.8 Å². The molecule has 0 aliphatic carbocycles. The number of aryl methyl sites for hydroxylation is 1. The van der Waals surface area contributed by atoms with Gasteiger partial charge in [0.1, 0.15) is 23.2 Å². The summed E-state index contributed by atoms with van der Waals surface area (Å²) in [7, 11) is 1.98. The molecule has 2 rings (SSSR count). The van der Waals surface area contributed by atoms with Gasteiger partial charge in [-0.1, -0.05) is 13.8 Å². The van der Waals surface area contributed by atoms with Crippen LogP contribution in [-0.2, 0) is 6.54 Å². The third kappa shape index (κ3) is 3.05. The van der Waals surface area contributed by atoms with E-state index >= 15 is 0 Å². The third-order valence-electron chi connectivity index (χ3n) is 3.03. The SMILES string of the molecule is Cc1occc1CN(C)c1cc(N)nc(C(C)C)n1. The summed E-state index contributed by atoms with van der Waals surface area (Å²) in [5, 5.41) is 0. The van der Waals surface area contributed by atoms with E-state index in [1.165, 1.54) is 0 Å². The molecule has 0 bridgehead atoms. The molecule has 102 valence electrons. The molecule has 0 aliphatic rings. The van der Waals surface area contributed by atoms with Crippen LogP contribution in [0.4, 0.5) is 11.6 Å². The van der Waals surface area contributed by atoms with Crippen LogP contribution < -0.4 is 10.6 Å². The van der Waals surface area contributed by atoms with Crippen LogP contribution in [0.15, 0.2) is 22.8 Å². The number of aromatic nitrogens is 2. The Morgan fingerprint density at radius 1 is 1.37 bits per heavy atom. The van der Waals surface area contributed by atoms with Crippen LogP contribution >= 0.6 is 0 Å². The Hall–Kier alpha value is -2.04. The standard InChI is InChI=1S/C14H20N4O/c1-9(2)14-16-12(15)7-13(17-14)18(4)8-11-5-6-19-10(11)3/h5-7,9H,8H2,1-4H3,(H2,15,16,17). The van der Waals surface area contributed by atoms with Crippen molar-refractivity contribution in [3.8, 4) is 0 Å². The van der Waals surface area contributed by atoms with E-state index in [-0.39, 0.29) is 5.92 Å². The van der Waals surface area contributed by atoms with E-state index in [4.69, 9.17) is 10.2 Å². The van der Waals surface area contributed by atoms with Gasteiger partial charge in [0.25, 0.3) is 0 Å². The van der Waals surface area contributed by atoms with Gasteiger partial charge >= 0.3 is 0 Å². The predicted octanol–water partition coefficient (Wildman–Crippen LogP) is 2.72. The molecule has 0 saturated heterocycles. The molecule has 2 N–H and O–H groups in total. The van der Waals surface area contributed by atoms with Crippen molar-refractivity contribution in [2.45, 2.75) is 33.2 Å². The minimum Gasteiger partial charge on any atom is -0.469 e. The zero-order valence-electron chi connectivity index (χ0n) is 11.8. The van der Waals surface area contributed by atoms with Crippen LogP contribution in [0.5, 0.6) is 0 Å². The predicted molar refractivity (Wildman–Crippen MR) is 76.1 cm³/mol. The molecule has 2 aromatic rings. The molecular weight excluding hydrogens is 240 g/mol. The van der Waals surface area contributed by atoms with Gasteiger partial charge in [0.2, 0.25) is 0 Å². The minimum absolute atomic E-state index is 0.256. The molecule has 0 aliphatic heterocycles. The third-order valence-corrected chi connectivity index (χ3v) is 3.03. The Kier molecular flexibility index (Phi) is 3.74. The number of nitrogens with zero attached hydrogens (tertiary/aromatic N) is 3. The van der Waals surface area contributed by atoms with Crippen LogP contribution in [0.3, 0.4) is 0 Å². The largest absolute Gasteiger partial charge is 0.469 e. The summed E-state index contributed by atoms with van der Waals surface area (Å²) >= 11 is 0. The van der Waals surface area contributed by atoms with Crippen molar-refractivity contribution < 1.29 is 4.42 Å². The molecule has 0 spiro atoms. The van der Waals surface area contributed by atoms with Crippen LogP contribution in [0, 0.1) is 6.92 Å². The first-order chi connectivity index (χ1) is 8.97. The van der Waals surface area contributed by atoms with Crippen LogP contribution in [0.2, 0.25) is 0 Å². The molecule has 0 fully saturated rings. The quantitative estimate of drug-likeness (QED) is 0.915. The molecule has 5 nitrogen and oxygen atoms in total. The second-order valence-electron chi connectivity index (χ2n) is 5.02. The lowest BCUT2D eigenvalue weighted by molar-refractivity contribution is 0.529. The van der Waals surface area contributed by atoms with Gasteiger partial charge in [-0.2, -0.15) is 0 Å². The monoisotopic (exact) mass is 260 g/mol. The fourth-order valence-electron chi connectivity index (χ4n) is 1.84. The first kappa shape index (κ1) is 13.4. The van der Waals surface area contributed by atoms with E-state index in [0.717, 1.165) is 29.5 Å². The van der Waals surface area contributed by atoms with Crippen molar-refractivity contribution in [1.29, 1.82) is 0 Å². The van der Waals surface area contributed by atoms with Crippen LogP contribution in [-0.4, -0.2) is 17.0 Å². The van der Waals surface area contributed by atoms with Crippen molar-refractivity contribution in [3.63, 3.8) is 0 Å². The summed E-state index contributed by atoms with van der Waals surface area (Å²) in [5.41, 5.74) is 6.99. The van der Waals surface area contributed by atoms with Crippen molar-refractivity contribution in [3.05, 3.63) is 35.5 Å².